The predicted octanol–water partition coefficient (Wildman–Crippen LogP) is -0.650. The number of nitrogens with two attached hydrogens (primary N) is 2. The first-order valence-corrected chi connectivity index (χ1v) is 4.69. The molecule has 14 heavy (non-hydrogen) atoms. The van der Waals surface area contributed by atoms with E-state index < -0.39 is 18.0 Å². The monoisotopic (exact) mass is 201 g/mol. The quantitative estimate of drug-likeness (QED) is 0.551. The second kappa shape index (κ2) is 5.59. The fraction of sp³-hybridized carbons (Fsp3) is 0.778. The zero-order valence-electron chi connectivity index (χ0n) is 8.91. The van der Waals surface area contributed by atoms with Gasteiger partial charge in [-0.1, -0.05) is 13.8 Å². The van der Waals surface area contributed by atoms with E-state index in [1.54, 1.807) is 6.92 Å². The van der Waals surface area contributed by atoms with Crippen LogP contribution in [0.2, 0.25) is 0 Å². The van der Waals surface area contributed by atoms with E-state index in [-0.39, 0.29) is 5.91 Å². The van der Waals surface area contributed by atoms with Crippen LogP contribution in [0.25, 0.3) is 0 Å². The molecule has 0 fully saturated rings. The third-order valence-corrected chi connectivity index (χ3v) is 1.78. The molecule has 0 bridgehead atoms. The van der Waals surface area contributed by atoms with Crippen LogP contribution in [0.15, 0.2) is 0 Å². The first-order valence-electron chi connectivity index (χ1n) is 4.69. The Kier molecular flexibility index (Phi) is 5.15. The summed E-state index contributed by atoms with van der Waals surface area (Å²) in [6.45, 7) is 5.46. The van der Waals surface area contributed by atoms with Gasteiger partial charge in [-0.05, 0) is 19.3 Å². The fourth-order valence-corrected chi connectivity index (χ4v) is 1.02. The Morgan fingerprint density at radius 3 is 2.07 bits per heavy atom. The average Bonchev–Trinajstić information content (AvgIpc) is 2.01. The summed E-state index contributed by atoms with van der Waals surface area (Å²) < 4.78 is 0. The number of nitrogens with one attached hydrogen (secondary N) is 1. The molecule has 0 aliphatic heterocycles. The normalized spacial score (nSPS) is 14.9. The van der Waals surface area contributed by atoms with Crippen molar-refractivity contribution in [1.82, 2.24) is 5.32 Å². The minimum Gasteiger partial charge on any atom is -0.368 e. The second-order valence-corrected chi connectivity index (χ2v) is 3.88. The SMILES string of the molecule is CC(C)CC(NC(=O)C(C)N)C(N)=O. The van der Waals surface area contributed by atoms with Gasteiger partial charge in [-0.2, -0.15) is 0 Å². The molecular formula is C9H19N3O2. The molecule has 0 radical (unpaired) electrons. The van der Waals surface area contributed by atoms with Gasteiger partial charge in [0.25, 0.3) is 0 Å². The van der Waals surface area contributed by atoms with Gasteiger partial charge >= 0.3 is 0 Å². The molecule has 5 nitrogen and oxygen atoms in total. The van der Waals surface area contributed by atoms with Crippen LogP contribution in [0.4, 0.5) is 0 Å². The Morgan fingerprint density at radius 1 is 1.29 bits per heavy atom. The summed E-state index contributed by atoms with van der Waals surface area (Å²) in [6, 6.07) is -1.24. The van der Waals surface area contributed by atoms with Crippen molar-refractivity contribution in [2.45, 2.75) is 39.3 Å². The Hall–Kier alpha value is -1.10. The topological polar surface area (TPSA) is 98.2 Å². The number of carbonyl (C=O) groups excluding carboxylic acids is 2. The van der Waals surface area contributed by atoms with Crippen LogP contribution >= 0.6 is 0 Å². The summed E-state index contributed by atoms with van der Waals surface area (Å²) in [7, 11) is 0. The number of amides is 2. The smallest absolute Gasteiger partial charge is 0.240 e. The summed E-state index contributed by atoms with van der Waals surface area (Å²) in [5, 5.41) is 2.51. The maximum absolute atomic E-state index is 11.2. The van der Waals surface area contributed by atoms with E-state index in [4.69, 9.17) is 11.5 Å². The third-order valence-electron chi connectivity index (χ3n) is 1.78. The van der Waals surface area contributed by atoms with E-state index in [1.807, 2.05) is 13.8 Å². The number of carbonyl (C=O) groups is 2. The maximum Gasteiger partial charge on any atom is 0.240 e. The Labute approximate surface area is 84.2 Å². The summed E-state index contributed by atoms with van der Waals surface area (Å²) in [5.41, 5.74) is 10.5. The minimum absolute atomic E-state index is 0.292. The van der Waals surface area contributed by atoms with Crippen molar-refractivity contribution in [1.29, 1.82) is 0 Å². The highest BCUT2D eigenvalue weighted by molar-refractivity contribution is 5.88. The molecule has 2 atom stereocenters. The fourth-order valence-electron chi connectivity index (χ4n) is 1.02. The van der Waals surface area contributed by atoms with E-state index in [2.05, 4.69) is 5.32 Å². The lowest BCUT2D eigenvalue weighted by Gasteiger charge is -2.18. The van der Waals surface area contributed by atoms with E-state index in [1.165, 1.54) is 0 Å². The van der Waals surface area contributed by atoms with Gasteiger partial charge in [0.05, 0.1) is 6.04 Å². The summed E-state index contributed by atoms with van der Waals surface area (Å²) in [5.74, 6) is -0.581. The van der Waals surface area contributed by atoms with E-state index in [0.29, 0.717) is 12.3 Å². The molecule has 0 aliphatic carbocycles. The average molecular weight is 201 g/mol. The molecule has 0 aromatic carbocycles. The van der Waals surface area contributed by atoms with Crippen LogP contribution < -0.4 is 16.8 Å². The van der Waals surface area contributed by atoms with Crippen molar-refractivity contribution in [2.24, 2.45) is 17.4 Å². The molecule has 82 valence electrons. The standard InChI is InChI=1S/C9H19N3O2/c1-5(2)4-7(8(11)13)12-9(14)6(3)10/h5-7H,4,10H2,1-3H3,(H2,11,13)(H,12,14). The zero-order chi connectivity index (χ0) is 11.3. The molecular weight excluding hydrogens is 182 g/mol. The van der Waals surface area contributed by atoms with Gasteiger partial charge in [-0.25, -0.2) is 0 Å². The molecule has 0 heterocycles. The van der Waals surface area contributed by atoms with Gasteiger partial charge in [0.1, 0.15) is 6.04 Å². The molecule has 0 saturated heterocycles. The molecule has 5 heteroatoms. The zero-order valence-corrected chi connectivity index (χ0v) is 8.91. The van der Waals surface area contributed by atoms with Crippen LogP contribution in [-0.2, 0) is 9.59 Å². The van der Waals surface area contributed by atoms with Gasteiger partial charge in [-0.3, -0.25) is 9.59 Å². The molecule has 5 N–H and O–H groups in total. The van der Waals surface area contributed by atoms with Crippen LogP contribution in [0.3, 0.4) is 0 Å². The van der Waals surface area contributed by atoms with Gasteiger partial charge < -0.3 is 16.8 Å². The van der Waals surface area contributed by atoms with E-state index in [0.717, 1.165) is 0 Å². The predicted molar refractivity (Wildman–Crippen MR) is 54.2 cm³/mol. The summed E-state index contributed by atoms with van der Waals surface area (Å²) in [6.07, 6.45) is 0.536. The van der Waals surface area contributed by atoms with E-state index in [9.17, 15) is 9.59 Å². The minimum atomic E-state index is -0.621. The van der Waals surface area contributed by atoms with Crippen LogP contribution in [0.1, 0.15) is 27.2 Å². The molecule has 2 amide bonds. The highest BCUT2D eigenvalue weighted by atomic mass is 16.2. The lowest BCUT2D eigenvalue weighted by molar-refractivity contribution is -0.128. The number of hydrogen-bond donors (Lipinski definition) is 3. The number of rotatable bonds is 5. The summed E-state index contributed by atoms with van der Waals surface area (Å²) in [4.78, 5) is 22.2. The van der Waals surface area contributed by atoms with Crippen LogP contribution in [0.5, 0.6) is 0 Å². The highest BCUT2D eigenvalue weighted by Crippen LogP contribution is 2.04. The maximum atomic E-state index is 11.2. The molecule has 0 aliphatic rings. The van der Waals surface area contributed by atoms with Crippen molar-refractivity contribution in [3.8, 4) is 0 Å². The van der Waals surface area contributed by atoms with Crippen LogP contribution in [-0.4, -0.2) is 23.9 Å². The number of primary amides is 1. The van der Waals surface area contributed by atoms with Crippen molar-refractivity contribution in [3.63, 3.8) is 0 Å². The molecule has 0 aromatic rings. The van der Waals surface area contributed by atoms with Gasteiger partial charge in [0, 0.05) is 0 Å². The summed E-state index contributed by atoms with van der Waals surface area (Å²) >= 11 is 0. The lowest BCUT2D eigenvalue weighted by Crippen LogP contribution is -2.49. The number of hydrogen-bond acceptors (Lipinski definition) is 3. The van der Waals surface area contributed by atoms with Crippen molar-refractivity contribution in [3.05, 3.63) is 0 Å². The Bertz CT molecular complexity index is 214. The largest absolute Gasteiger partial charge is 0.368 e. The highest BCUT2D eigenvalue weighted by Gasteiger charge is 2.20. The van der Waals surface area contributed by atoms with Crippen molar-refractivity contribution in [2.75, 3.05) is 0 Å². The van der Waals surface area contributed by atoms with Gasteiger partial charge in [0.15, 0.2) is 0 Å². The molecule has 2 unspecified atom stereocenters. The van der Waals surface area contributed by atoms with Crippen molar-refractivity contribution >= 4 is 11.8 Å². The third kappa shape index (κ3) is 4.81. The molecule has 0 aromatic heterocycles. The van der Waals surface area contributed by atoms with Gasteiger partial charge in [-0.15, -0.1) is 0 Å². The lowest BCUT2D eigenvalue weighted by atomic mass is 10.0. The Morgan fingerprint density at radius 2 is 1.79 bits per heavy atom. The molecule has 0 spiro atoms. The van der Waals surface area contributed by atoms with Crippen LogP contribution in [0, 0.1) is 5.92 Å². The first-order chi connectivity index (χ1) is 6.34. The second-order valence-electron chi connectivity index (χ2n) is 3.88. The first kappa shape index (κ1) is 12.9. The van der Waals surface area contributed by atoms with Crippen molar-refractivity contribution < 1.29 is 9.59 Å². The molecule has 0 saturated carbocycles. The van der Waals surface area contributed by atoms with Gasteiger partial charge in [0.2, 0.25) is 11.8 Å². The molecule has 0 rings (SSSR count). The van der Waals surface area contributed by atoms with E-state index >= 15 is 0 Å². The Balaban J connectivity index is 4.23.